The molecule has 0 aliphatic rings. The maximum absolute atomic E-state index is 13.2. The number of ether oxygens (including phenoxy) is 4. The van der Waals surface area contributed by atoms with Crippen LogP contribution in [-0.4, -0.2) is 61.4 Å². The Bertz CT molecular complexity index is 1280. The first-order chi connectivity index (χ1) is 18.3. The van der Waals surface area contributed by atoms with Crippen molar-refractivity contribution in [1.82, 2.24) is 0 Å². The van der Waals surface area contributed by atoms with Crippen LogP contribution >= 0.6 is 0 Å². The van der Waals surface area contributed by atoms with Crippen molar-refractivity contribution in [3.05, 3.63) is 84.0 Å². The van der Waals surface area contributed by atoms with Gasteiger partial charge in [-0.25, -0.2) is 24.0 Å². The molecule has 0 aliphatic heterocycles. The Hall–Kier alpha value is -4.73. The van der Waals surface area contributed by atoms with Crippen molar-refractivity contribution in [3.8, 4) is 0 Å². The van der Waals surface area contributed by atoms with Gasteiger partial charge in [0, 0.05) is 16.7 Å². The molecule has 206 valence electrons. The van der Waals surface area contributed by atoms with Gasteiger partial charge in [0.25, 0.3) is 0 Å². The highest BCUT2D eigenvalue weighted by atomic mass is 16.6. The van der Waals surface area contributed by atoms with Crippen LogP contribution in [-0.2, 0) is 33.3 Å². The average Bonchev–Trinajstić information content (AvgIpc) is 2.90. The highest BCUT2D eigenvalue weighted by molar-refractivity contribution is 6.11. The number of carbonyl (C=O) groups is 5. The summed E-state index contributed by atoms with van der Waals surface area (Å²) in [6.45, 7) is 12.9. The molecule has 0 aromatic heterocycles. The van der Waals surface area contributed by atoms with Crippen molar-refractivity contribution < 1.29 is 48.0 Å². The third-order valence-electron chi connectivity index (χ3n) is 5.46. The zero-order chi connectivity index (χ0) is 29.3. The summed E-state index contributed by atoms with van der Waals surface area (Å²) in [6, 6.07) is 9.01. The number of fused-ring (bicyclic) bond motifs is 1. The second-order valence-electron chi connectivity index (χ2n) is 9.16. The van der Waals surface area contributed by atoms with Crippen molar-refractivity contribution in [2.24, 2.45) is 5.41 Å². The van der Waals surface area contributed by atoms with Crippen molar-refractivity contribution in [1.29, 1.82) is 0 Å². The molecular formula is C29H30O10. The van der Waals surface area contributed by atoms with E-state index in [2.05, 4.69) is 19.7 Å². The predicted octanol–water partition coefficient (Wildman–Crippen LogP) is 4.04. The molecule has 10 heteroatoms. The van der Waals surface area contributed by atoms with Crippen LogP contribution in [0, 0.1) is 5.41 Å². The first-order valence-corrected chi connectivity index (χ1v) is 11.7. The van der Waals surface area contributed by atoms with Gasteiger partial charge in [-0.2, -0.15) is 0 Å². The van der Waals surface area contributed by atoms with Crippen molar-refractivity contribution >= 4 is 40.6 Å². The quantitative estimate of drug-likeness (QED) is 0.225. The minimum absolute atomic E-state index is 0.00150. The third-order valence-corrected chi connectivity index (χ3v) is 5.46. The Morgan fingerprint density at radius 3 is 1.38 bits per heavy atom. The fraction of sp³-hybridized carbons (Fsp3) is 0.276. The summed E-state index contributed by atoms with van der Waals surface area (Å²) in [5, 5.41) is 10.2. The molecule has 0 radical (unpaired) electrons. The van der Waals surface area contributed by atoms with Gasteiger partial charge in [0.1, 0.15) is 31.8 Å². The smallest absolute Gasteiger partial charge is 0.338 e. The fourth-order valence-electron chi connectivity index (χ4n) is 3.24. The molecule has 10 nitrogen and oxygen atoms in total. The Kier molecular flexibility index (Phi) is 10.3. The molecule has 39 heavy (non-hydrogen) atoms. The molecule has 0 amide bonds. The number of hydrogen-bond acceptors (Lipinski definition) is 9. The summed E-state index contributed by atoms with van der Waals surface area (Å²) < 4.78 is 21.4. The molecule has 0 heterocycles. The second-order valence-corrected chi connectivity index (χ2v) is 9.16. The predicted molar refractivity (Wildman–Crippen MR) is 141 cm³/mol. The number of rotatable bonds is 13. The van der Waals surface area contributed by atoms with Crippen LogP contribution < -0.4 is 0 Å². The van der Waals surface area contributed by atoms with Gasteiger partial charge in [0.2, 0.25) is 0 Å². The SMILES string of the molecule is C=C(C)C(=O)OCC(COC(=O)C(=C)C)(COC(=O)C(=C)C)COC(=O)c1ccc(C(=O)O)c2ccccc12. The van der Waals surface area contributed by atoms with Gasteiger partial charge in [-0.3, -0.25) is 0 Å². The van der Waals surface area contributed by atoms with E-state index < -0.39 is 61.7 Å². The van der Waals surface area contributed by atoms with Crippen molar-refractivity contribution in [3.63, 3.8) is 0 Å². The lowest BCUT2D eigenvalue weighted by Crippen LogP contribution is -2.44. The van der Waals surface area contributed by atoms with E-state index in [4.69, 9.17) is 18.9 Å². The van der Waals surface area contributed by atoms with Gasteiger partial charge in [0.05, 0.1) is 11.1 Å². The summed E-state index contributed by atoms with van der Waals surface area (Å²) >= 11 is 0. The van der Waals surface area contributed by atoms with Gasteiger partial charge in [0.15, 0.2) is 0 Å². The molecule has 2 rings (SSSR count). The highest BCUT2D eigenvalue weighted by Gasteiger charge is 2.38. The Morgan fingerprint density at radius 1 is 0.641 bits per heavy atom. The molecule has 0 saturated heterocycles. The van der Waals surface area contributed by atoms with Crippen LogP contribution in [0.4, 0.5) is 0 Å². The van der Waals surface area contributed by atoms with Gasteiger partial charge >= 0.3 is 29.8 Å². The first-order valence-electron chi connectivity index (χ1n) is 11.7. The number of carbonyl (C=O) groups excluding carboxylic acids is 4. The molecular weight excluding hydrogens is 508 g/mol. The van der Waals surface area contributed by atoms with E-state index in [1.54, 1.807) is 24.3 Å². The number of aromatic carboxylic acids is 1. The molecule has 0 saturated carbocycles. The first kappa shape index (κ1) is 30.5. The van der Waals surface area contributed by atoms with E-state index in [0.717, 1.165) is 0 Å². The summed E-state index contributed by atoms with van der Waals surface area (Å²) in [7, 11) is 0. The average molecular weight is 539 g/mol. The minimum Gasteiger partial charge on any atom is -0.478 e. The molecule has 0 bridgehead atoms. The van der Waals surface area contributed by atoms with Crippen LogP contribution in [0.5, 0.6) is 0 Å². The molecule has 0 fully saturated rings. The van der Waals surface area contributed by atoms with Crippen LogP contribution in [0.3, 0.4) is 0 Å². The lowest BCUT2D eigenvalue weighted by atomic mass is 9.91. The maximum atomic E-state index is 13.2. The van der Waals surface area contributed by atoms with E-state index in [1.165, 1.54) is 32.9 Å². The van der Waals surface area contributed by atoms with Crippen LogP contribution in [0.1, 0.15) is 41.5 Å². The monoisotopic (exact) mass is 538 g/mol. The zero-order valence-corrected chi connectivity index (χ0v) is 22.0. The van der Waals surface area contributed by atoms with E-state index in [-0.39, 0.29) is 27.8 Å². The summed E-state index contributed by atoms with van der Waals surface area (Å²) in [5.41, 5.74) is -1.19. The third kappa shape index (κ3) is 8.13. The summed E-state index contributed by atoms with van der Waals surface area (Å²) in [6.07, 6.45) is 0. The number of hydrogen-bond donors (Lipinski definition) is 1. The highest BCUT2D eigenvalue weighted by Crippen LogP contribution is 2.26. The zero-order valence-electron chi connectivity index (χ0n) is 22.0. The molecule has 2 aromatic rings. The summed E-state index contributed by atoms with van der Waals surface area (Å²) in [4.78, 5) is 61.3. The van der Waals surface area contributed by atoms with E-state index >= 15 is 0 Å². The number of esters is 4. The second kappa shape index (κ2) is 13.2. The standard InChI is InChI=1S/C29H30O10/c1-17(2)25(32)36-13-29(14-37-26(33)18(3)4,15-38-27(34)19(5)6)16-39-28(35)23-12-11-22(24(30)31)20-9-7-8-10-21(20)23/h7-12H,1,3,5,13-16H2,2,4,6H3,(H,30,31). The van der Waals surface area contributed by atoms with E-state index in [0.29, 0.717) is 10.8 Å². The van der Waals surface area contributed by atoms with Crippen molar-refractivity contribution in [2.75, 3.05) is 26.4 Å². The van der Waals surface area contributed by atoms with Crippen molar-refractivity contribution in [2.45, 2.75) is 20.8 Å². The lowest BCUT2D eigenvalue weighted by Gasteiger charge is -2.31. The molecule has 1 N–H and O–H groups in total. The van der Waals surface area contributed by atoms with E-state index in [1.807, 2.05) is 0 Å². The fourth-order valence-corrected chi connectivity index (χ4v) is 3.24. The molecule has 0 atom stereocenters. The number of benzene rings is 2. The van der Waals surface area contributed by atoms with Crippen LogP contribution in [0.25, 0.3) is 10.8 Å². The normalized spacial score (nSPS) is 10.7. The van der Waals surface area contributed by atoms with Crippen LogP contribution in [0.2, 0.25) is 0 Å². The topological polar surface area (TPSA) is 142 Å². The number of carboxylic acids is 1. The molecule has 0 unspecified atom stereocenters. The molecule has 2 aromatic carbocycles. The lowest BCUT2D eigenvalue weighted by molar-refractivity contribution is -0.160. The van der Waals surface area contributed by atoms with Gasteiger partial charge < -0.3 is 24.1 Å². The summed E-state index contributed by atoms with van der Waals surface area (Å²) in [5.74, 6) is -4.30. The molecule has 0 spiro atoms. The van der Waals surface area contributed by atoms with Gasteiger partial charge in [-0.1, -0.05) is 44.0 Å². The van der Waals surface area contributed by atoms with Gasteiger partial charge in [-0.15, -0.1) is 0 Å². The minimum atomic E-state index is -1.52. The largest absolute Gasteiger partial charge is 0.478 e. The van der Waals surface area contributed by atoms with Gasteiger partial charge in [-0.05, 0) is 43.7 Å². The molecule has 0 aliphatic carbocycles. The Morgan fingerprint density at radius 2 is 1.00 bits per heavy atom. The Balaban J connectivity index is 2.43. The number of carboxylic acid groups (broad SMARTS) is 1. The van der Waals surface area contributed by atoms with Crippen LogP contribution in [0.15, 0.2) is 72.9 Å². The Labute approximate surface area is 225 Å². The maximum Gasteiger partial charge on any atom is 0.338 e. The van der Waals surface area contributed by atoms with E-state index in [9.17, 15) is 29.1 Å².